The van der Waals surface area contributed by atoms with E-state index < -0.39 is 0 Å². The van der Waals surface area contributed by atoms with Crippen molar-refractivity contribution in [2.75, 3.05) is 19.7 Å². The van der Waals surface area contributed by atoms with Gasteiger partial charge in [0.2, 0.25) is 0 Å². The van der Waals surface area contributed by atoms with Crippen LogP contribution in [0.5, 0.6) is 0 Å². The maximum Gasteiger partial charge on any atom is 0.120 e. The Bertz CT molecular complexity index is 53.0. The highest BCUT2D eigenvalue weighted by Gasteiger charge is 2.00. The summed E-state index contributed by atoms with van der Waals surface area (Å²) in [6, 6.07) is 0. The molecule has 0 aromatic heterocycles. The minimum Gasteiger partial charge on any atom is -0.362 e. The molecule has 0 bridgehead atoms. The van der Waals surface area contributed by atoms with Crippen LogP contribution >= 0.6 is 0 Å². The van der Waals surface area contributed by atoms with Gasteiger partial charge in [0.25, 0.3) is 0 Å². The second-order valence-electron chi connectivity index (χ2n) is 1.74. The predicted octanol–water partition coefficient (Wildman–Crippen LogP) is -0.0828. The molecule has 56 valence electrons. The summed E-state index contributed by atoms with van der Waals surface area (Å²) in [5.41, 5.74) is 5.36. The van der Waals surface area contributed by atoms with Gasteiger partial charge >= 0.3 is 0 Å². The van der Waals surface area contributed by atoms with Gasteiger partial charge in [0, 0.05) is 13.2 Å². The number of hydrogen-bond donors (Lipinski definition) is 2. The fourth-order valence-corrected chi connectivity index (χ4v) is 0.639. The standard InChI is InChI=1S/C6H16N2O/c1-3-8-6(5-7)9-4-2/h6,8H,3-5,7H2,1-2H3. The lowest BCUT2D eigenvalue weighted by Crippen LogP contribution is -2.38. The number of nitrogens with two attached hydrogens (primary N) is 1. The fourth-order valence-electron chi connectivity index (χ4n) is 0.639. The molecule has 0 saturated carbocycles. The second-order valence-corrected chi connectivity index (χ2v) is 1.74. The molecule has 9 heavy (non-hydrogen) atoms. The normalized spacial score (nSPS) is 13.7. The molecule has 0 radical (unpaired) electrons. The van der Waals surface area contributed by atoms with Gasteiger partial charge in [0.15, 0.2) is 0 Å². The molecule has 1 unspecified atom stereocenters. The van der Waals surface area contributed by atoms with Crippen molar-refractivity contribution in [2.24, 2.45) is 5.73 Å². The molecule has 0 spiro atoms. The maximum atomic E-state index is 5.36. The third kappa shape index (κ3) is 4.39. The van der Waals surface area contributed by atoms with Crippen molar-refractivity contribution < 1.29 is 4.74 Å². The van der Waals surface area contributed by atoms with Crippen molar-refractivity contribution in [1.82, 2.24) is 5.32 Å². The van der Waals surface area contributed by atoms with Gasteiger partial charge in [-0.3, -0.25) is 5.32 Å². The average molecular weight is 132 g/mol. The van der Waals surface area contributed by atoms with Crippen LogP contribution in [0.1, 0.15) is 13.8 Å². The first-order valence-corrected chi connectivity index (χ1v) is 3.40. The lowest BCUT2D eigenvalue weighted by molar-refractivity contribution is 0.0460. The number of nitrogens with one attached hydrogen (secondary N) is 1. The largest absolute Gasteiger partial charge is 0.362 e. The molecule has 0 heterocycles. The van der Waals surface area contributed by atoms with Crippen molar-refractivity contribution >= 4 is 0 Å². The van der Waals surface area contributed by atoms with Gasteiger partial charge in [-0.2, -0.15) is 0 Å². The monoisotopic (exact) mass is 132 g/mol. The summed E-state index contributed by atoms with van der Waals surface area (Å²) in [6.07, 6.45) is 0.0417. The van der Waals surface area contributed by atoms with Crippen molar-refractivity contribution in [3.63, 3.8) is 0 Å². The van der Waals surface area contributed by atoms with E-state index in [9.17, 15) is 0 Å². The van der Waals surface area contributed by atoms with E-state index in [1.54, 1.807) is 0 Å². The molecular formula is C6H16N2O. The van der Waals surface area contributed by atoms with Crippen LogP contribution in [0, 0.1) is 0 Å². The molecule has 0 saturated heterocycles. The highest BCUT2D eigenvalue weighted by molar-refractivity contribution is 4.52. The topological polar surface area (TPSA) is 47.3 Å². The van der Waals surface area contributed by atoms with Gasteiger partial charge in [0.1, 0.15) is 6.23 Å². The van der Waals surface area contributed by atoms with Crippen molar-refractivity contribution in [2.45, 2.75) is 20.1 Å². The molecule has 0 aromatic carbocycles. The Kier molecular flexibility index (Phi) is 5.93. The van der Waals surface area contributed by atoms with Gasteiger partial charge in [-0.15, -0.1) is 0 Å². The number of likely N-dealkylation sites (N-methyl/N-ethyl adjacent to an activating group) is 1. The third-order valence-corrected chi connectivity index (χ3v) is 1.01. The smallest absolute Gasteiger partial charge is 0.120 e. The molecule has 3 heteroatoms. The van der Waals surface area contributed by atoms with Crippen molar-refractivity contribution in [3.8, 4) is 0 Å². The molecule has 0 aliphatic heterocycles. The third-order valence-electron chi connectivity index (χ3n) is 1.01. The Morgan fingerprint density at radius 3 is 2.56 bits per heavy atom. The van der Waals surface area contributed by atoms with Crippen molar-refractivity contribution in [3.05, 3.63) is 0 Å². The Labute approximate surface area is 56.6 Å². The summed E-state index contributed by atoms with van der Waals surface area (Å²) in [5.74, 6) is 0. The molecule has 0 aliphatic carbocycles. The van der Waals surface area contributed by atoms with E-state index in [4.69, 9.17) is 10.5 Å². The number of hydrogen-bond acceptors (Lipinski definition) is 3. The summed E-state index contributed by atoms with van der Waals surface area (Å²) < 4.78 is 5.20. The zero-order valence-electron chi connectivity index (χ0n) is 6.18. The highest BCUT2D eigenvalue weighted by Crippen LogP contribution is 1.81. The number of ether oxygens (including phenoxy) is 1. The fraction of sp³-hybridized carbons (Fsp3) is 1.00. The Morgan fingerprint density at radius 2 is 2.22 bits per heavy atom. The summed E-state index contributed by atoms with van der Waals surface area (Å²) in [6.45, 7) is 6.15. The molecular weight excluding hydrogens is 116 g/mol. The summed E-state index contributed by atoms with van der Waals surface area (Å²) in [7, 11) is 0. The lowest BCUT2D eigenvalue weighted by atomic mass is 10.5. The summed E-state index contributed by atoms with van der Waals surface area (Å²) >= 11 is 0. The number of rotatable bonds is 5. The molecule has 3 nitrogen and oxygen atoms in total. The van der Waals surface area contributed by atoms with Crippen molar-refractivity contribution in [1.29, 1.82) is 0 Å². The van der Waals surface area contributed by atoms with E-state index in [1.807, 2.05) is 13.8 Å². The highest BCUT2D eigenvalue weighted by atomic mass is 16.5. The van der Waals surface area contributed by atoms with E-state index in [-0.39, 0.29) is 6.23 Å². The van der Waals surface area contributed by atoms with Crippen LogP contribution in [0.3, 0.4) is 0 Å². The molecule has 0 aliphatic rings. The van der Waals surface area contributed by atoms with E-state index in [2.05, 4.69) is 5.32 Å². The van der Waals surface area contributed by atoms with E-state index in [1.165, 1.54) is 0 Å². The molecule has 0 amide bonds. The van der Waals surface area contributed by atoms with E-state index >= 15 is 0 Å². The van der Waals surface area contributed by atoms with Crippen LogP contribution in [0.4, 0.5) is 0 Å². The van der Waals surface area contributed by atoms with Crippen LogP contribution in [0.25, 0.3) is 0 Å². The van der Waals surface area contributed by atoms with Gasteiger partial charge in [-0.05, 0) is 13.5 Å². The first-order chi connectivity index (χ1) is 4.35. The summed E-state index contributed by atoms with van der Waals surface area (Å²) in [4.78, 5) is 0. The average Bonchev–Trinajstić information content (AvgIpc) is 1.88. The van der Waals surface area contributed by atoms with Crippen LogP contribution in [-0.4, -0.2) is 25.9 Å². The van der Waals surface area contributed by atoms with Gasteiger partial charge in [-0.1, -0.05) is 6.92 Å². The van der Waals surface area contributed by atoms with Crippen LogP contribution < -0.4 is 11.1 Å². The Balaban J connectivity index is 3.18. The molecule has 1 atom stereocenters. The molecule has 3 N–H and O–H groups in total. The quantitative estimate of drug-likeness (QED) is 0.514. The molecule has 0 rings (SSSR count). The van der Waals surface area contributed by atoms with Gasteiger partial charge in [0.05, 0.1) is 0 Å². The lowest BCUT2D eigenvalue weighted by Gasteiger charge is -2.14. The van der Waals surface area contributed by atoms with Gasteiger partial charge < -0.3 is 10.5 Å². The summed E-state index contributed by atoms with van der Waals surface area (Å²) in [5, 5.41) is 3.09. The first-order valence-electron chi connectivity index (χ1n) is 3.40. The predicted molar refractivity (Wildman–Crippen MR) is 38.1 cm³/mol. The minimum absolute atomic E-state index is 0.0417. The van der Waals surface area contributed by atoms with E-state index in [0.29, 0.717) is 6.54 Å². The second kappa shape index (κ2) is 6.01. The molecule has 0 aromatic rings. The van der Waals surface area contributed by atoms with Crippen LogP contribution in [0.15, 0.2) is 0 Å². The zero-order valence-corrected chi connectivity index (χ0v) is 6.18. The first kappa shape index (κ1) is 8.88. The van der Waals surface area contributed by atoms with Crippen LogP contribution in [0.2, 0.25) is 0 Å². The van der Waals surface area contributed by atoms with E-state index in [0.717, 1.165) is 13.2 Å². The minimum atomic E-state index is 0.0417. The van der Waals surface area contributed by atoms with Crippen LogP contribution in [-0.2, 0) is 4.74 Å². The molecule has 0 fully saturated rings. The maximum absolute atomic E-state index is 5.36. The zero-order chi connectivity index (χ0) is 7.11. The SMILES string of the molecule is CCNC(CN)OCC. The Hall–Kier alpha value is -0.120. The van der Waals surface area contributed by atoms with Gasteiger partial charge in [-0.25, -0.2) is 0 Å². The Morgan fingerprint density at radius 1 is 1.56 bits per heavy atom.